The molecule has 1 aromatic rings. The Bertz CT molecular complexity index is 382. The highest BCUT2D eigenvalue weighted by Crippen LogP contribution is 2.14. The van der Waals surface area contributed by atoms with E-state index < -0.39 is 11.9 Å². The number of rotatable bonds is 4. The third kappa shape index (κ3) is 3.56. The monoisotopic (exact) mass is 228 g/mol. The fourth-order valence-electron chi connectivity index (χ4n) is 1.17. The van der Waals surface area contributed by atoms with Crippen LogP contribution in [0.3, 0.4) is 0 Å². The van der Waals surface area contributed by atoms with Crippen molar-refractivity contribution >= 4 is 11.6 Å². The van der Waals surface area contributed by atoms with Crippen LogP contribution in [0.25, 0.3) is 0 Å². The minimum Gasteiger partial charge on any atom is -0.322 e. The molecule has 1 amide bonds. The number of halogens is 2. The molecule has 0 aliphatic rings. The highest BCUT2D eigenvalue weighted by Gasteiger charge is 2.11. The number of amides is 1. The summed E-state index contributed by atoms with van der Waals surface area (Å²) in [5.41, 5.74) is -0.0882. The number of carbonyl (C=O) groups excluding carboxylic acids is 1. The largest absolute Gasteiger partial charge is 0.322 e. The lowest BCUT2D eigenvalue weighted by Gasteiger charge is -2.09. The maximum absolute atomic E-state index is 13.1. The van der Waals surface area contributed by atoms with E-state index in [-0.39, 0.29) is 17.5 Å². The summed E-state index contributed by atoms with van der Waals surface area (Å²) in [6.07, 6.45) is 1.19. The summed E-state index contributed by atoms with van der Waals surface area (Å²) in [6, 6.07) is 2.16. The quantitative estimate of drug-likeness (QED) is 0.805. The predicted molar refractivity (Wildman–Crippen MR) is 56.9 cm³/mol. The Morgan fingerprint density at radius 3 is 2.75 bits per heavy atom. The molecule has 0 saturated carbocycles. The minimum absolute atomic E-state index is 0.0882. The van der Waals surface area contributed by atoms with Gasteiger partial charge in [-0.1, -0.05) is 20.3 Å². The molecule has 0 fully saturated rings. The van der Waals surface area contributed by atoms with Gasteiger partial charge in [-0.15, -0.1) is 0 Å². The van der Waals surface area contributed by atoms with Gasteiger partial charge in [-0.3, -0.25) is 4.79 Å². The molecule has 88 valence electrons. The number of nitrogens with zero attached hydrogens (tertiary/aromatic N) is 1. The zero-order chi connectivity index (χ0) is 12.1. The molecule has 0 spiro atoms. The Morgan fingerprint density at radius 1 is 1.50 bits per heavy atom. The molecule has 0 aliphatic carbocycles. The third-order valence-corrected chi connectivity index (χ3v) is 2.32. The smallest absolute Gasteiger partial charge is 0.239 e. The average Bonchev–Trinajstić information content (AvgIpc) is 2.22. The molecule has 16 heavy (non-hydrogen) atoms. The first-order valence-electron chi connectivity index (χ1n) is 5.14. The SMILES string of the molecule is CCC(C)CC(=O)Nc1ccc(F)nc1F. The van der Waals surface area contributed by atoms with E-state index in [4.69, 9.17) is 0 Å². The Labute approximate surface area is 92.9 Å². The van der Waals surface area contributed by atoms with Crippen LogP contribution in [0.15, 0.2) is 12.1 Å². The Balaban J connectivity index is 2.63. The highest BCUT2D eigenvalue weighted by atomic mass is 19.1. The third-order valence-electron chi connectivity index (χ3n) is 2.32. The number of hydrogen-bond donors (Lipinski definition) is 1. The zero-order valence-electron chi connectivity index (χ0n) is 9.26. The molecule has 1 N–H and O–H groups in total. The Morgan fingerprint density at radius 2 is 2.19 bits per heavy atom. The number of aromatic nitrogens is 1. The predicted octanol–water partition coefficient (Wildman–Crippen LogP) is 2.73. The van der Waals surface area contributed by atoms with Crippen LogP contribution in [0.1, 0.15) is 26.7 Å². The first kappa shape index (κ1) is 12.5. The van der Waals surface area contributed by atoms with Crippen molar-refractivity contribution in [2.75, 3.05) is 5.32 Å². The van der Waals surface area contributed by atoms with Crippen molar-refractivity contribution in [3.63, 3.8) is 0 Å². The average molecular weight is 228 g/mol. The van der Waals surface area contributed by atoms with Crippen molar-refractivity contribution in [2.24, 2.45) is 5.92 Å². The fourth-order valence-corrected chi connectivity index (χ4v) is 1.17. The second kappa shape index (κ2) is 5.53. The van der Waals surface area contributed by atoms with E-state index in [1.165, 1.54) is 0 Å². The summed E-state index contributed by atoms with van der Waals surface area (Å²) in [5.74, 6) is -1.96. The molecule has 1 atom stereocenters. The summed E-state index contributed by atoms with van der Waals surface area (Å²) in [4.78, 5) is 14.4. The van der Waals surface area contributed by atoms with Gasteiger partial charge in [0, 0.05) is 6.42 Å². The summed E-state index contributed by atoms with van der Waals surface area (Å²) in [6.45, 7) is 3.90. The molecule has 1 rings (SSSR count). The highest BCUT2D eigenvalue weighted by molar-refractivity contribution is 5.90. The second-order valence-electron chi connectivity index (χ2n) is 3.74. The van der Waals surface area contributed by atoms with Gasteiger partial charge in [-0.25, -0.2) is 0 Å². The zero-order valence-corrected chi connectivity index (χ0v) is 9.26. The number of nitrogens with one attached hydrogen (secondary N) is 1. The Hall–Kier alpha value is -1.52. The molecule has 0 saturated heterocycles. The summed E-state index contributed by atoms with van der Waals surface area (Å²) >= 11 is 0. The van der Waals surface area contributed by atoms with Crippen LogP contribution in [0, 0.1) is 17.8 Å². The van der Waals surface area contributed by atoms with Crippen LogP contribution in [0.4, 0.5) is 14.5 Å². The molecule has 0 aliphatic heterocycles. The number of anilines is 1. The second-order valence-corrected chi connectivity index (χ2v) is 3.74. The molecule has 3 nitrogen and oxygen atoms in total. The summed E-state index contributed by atoms with van der Waals surface area (Å²) < 4.78 is 25.6. The first-order valence-corrected chi connectivity index (χ1v) is 5.14. The van der Waals surface area contributed by atoms with Gasteiger partial charge in [0.25, 0.3) is 0 Å². The molecule has 1 heterocycles. The molecular weight excluding hydrogens is 214 g/mol. The lowest BCUT2D eigenvalue weighted by Crippen LogP contribution is -2.16. The van der Waals surface area contributed by atoms with Crippen LogP contribution in [-0.4, -0.2) is 10.9 Å². The van der Waals surface area contributed by atoms with Crippen LogP contribution in [0.2, 0.25) is 0 Å². The van der Waals surface area contributed by atoms with Gasteiger partial charge in [-0.05, 0) is 18.1 Å². The van der Waals surface area contributed by atoms with E-state index in [0.717, 1.165) is 18.6 Å². The van der Waals surface area contributed by atoms with E-state index >= 15 is 0 Å². The lowest BCUT2D eigenvalue weighted by molar-refractivity contribution is -0.117. The van der Waals surface area contributed by atoms with Crippen molar-refractivity contribution in [3.05, 3.63) is 24.0 Å². The van der Waals surface area contributed by atoms with Crippen molar-refractivity contribution in [1.29, 1.82) is 0 Å². The molecule has 0 aromatic carbocycles. The standard InChI is InChI=1S/C11H14F2N2O/c1-3-7(2)6-10(16)14-8-4-5-9(12)15-11(8)13/h4-5,7H,3,6H2,1-2H3,(H,14,16). The van der Waals surface area contributed by atoms with Crippen LogP contribution < -0.4 is 5.32 Å². The summed E-state index contributed by atoms with van der Waals surface area (Å²) in [5, 5.41) is 2.36. The van der Waals surface area contributed by atoms with Crippen molar-refractivity contribution in [3.8, 4) is 0 Å². The Kier molecular flexibility index (Phi) is 4.34. The molecule has 1 unspecified atom stereocenters. The van der Waals surface area contributed by atoms with Gasteiger partial charge in [0.05, 0.1) is 5.69 Å². The van der Waals surface area contributed by atoms with E-state index in [9.17, 15) is 13.6 Å². The van der Waals surface area contributed by atoms with E-state index in [1.54, 1.807) is 0 Å². The lowest BCUT2D eigenvalue weighted by atomic mass is 10.1. The van der Waals surface area contributed by atoms with Gasteiger partial charge in [-0.2, -0.15) is 13.8 Å². The molecular formula is C11H14F2N2O. The van der Waals surface area contributed by atoms with Crippen molar-refractivity contribution < 1.29 is 13.6 Å². The van der Waals surface area contributed by atoms with Gasteiger partial charge in [0.15, 0.2) is 0 Å². The van der Waals surface area contributed by atoms with Crippen molar-refractivity contribution in [1.82, 2.24) is 4.98 Å². The van der Waals surface area contributed by atoms with Gasteiger partial charge < -0.3 is 5.32 Å². The molecule has 0 radical (unpaired) electrons. The molecule has 5 heteroatoms. The maximum atomic E-state index is 13.1. The molecule has 1 aromatic heterocycles. The van der Waals surface area contributed by atoms with Gasteiger partial charge in [0.2, 0.25) is 17.8 Å². The topological polar surface area (TPSA) is 42.0 Å². The fraction of sp³-hybridized carbons (Fsp3) is 0.455. The van der Waals surface area contributed by atoms with Crippen LogP contribution >= 0.6 is 0 Å². The van der Waals surface area contributed by atoms with E-state index in [1.807, 2.05) is 13.8 Å². The van der Waals surface area contributed by atoms with Crippen LogP contribution in [-0.2, 0) is 4.79 Å². The van der Waals surface area contributed by atoms with E-state index in [2.05, 4.69) is 10.3 Å². The number of carbonyl (C=O) groups is 1. The van der Waals surface area contributed by atoms with Crippen molar-refractivity contribution in [2.45, 2.75) is 26.7 Å². The number of pyridine rings is 1. The van der Waals surface area contributed by atoms with Gasteiger partial charge >= 0.3 is 0 Å². The van der Waals surface area contributed by atoms with E-state index in [0.29, 0.717) is 6.42 Å². The number of hydrogen-bond acceptors (Lipinski definition) is 2. The maximum Gasteiger partial charge on any atom is 0.239 e. The molecule has 0 bridgehead atoms. The van der Waals surface area contributed by atoms with Crippen LogP contribution in [0.5, 0.6) is 0 Å². The van der Waals surface area contributed by atoms with Gasteiger partial charge in [0.1, 0.15) is 0 Å². The normalized spacial score (nSPS) is 12.2. The summed E-state index contributed by atoms with van der Waals surface area (Å²) in [7, 11) is 0. The first-order chi connectivity index (χ1) is 7.52. The minimum atomic E-state index is -1.00.